The van der Waals surface area contributed by atoms with Gasteiger partial charge < -0.3 is 10.2 Å². The van der Waals surface area contributed by atoms with Crippen LogP contribution in [-0.2, 0) is 37.6 Å². The average molecular weight is 421 g/mol. The van der Waals surface area contributed by atoms with Gasteiger partial charge in [-0.3, -0.25) is 19.3 Å². The van der Waals surface area contributed by atoms with Gasteiger partial charge >= 0.3 is 0 Å². The van der Waals surface area contributed by atoms with Crippen LogP contribution in [0, 0.1) is 5.82 Å². The van der Waals surface area contributed by atoms with Gasteiger partial charge in [0.1, 0.15) is 5.82 Å². The Balaban J connectivity index is 1.40. The zero-order valence-corrected chi connectivity index (χ0v) is 17.3. The minimum absolute atomic E-state index is 0.0404. The highest BCUT2D eigenvalue weighted by atomic mass is 19.1. The van der Waals surface area contributed by atoms with E-state index in [2.05, 4.69) is 15.4 Å². The third kappa shape index (κ3) is 4.63. The summed E-state index contributed by atoms with van der Waals surface area (Å²) in [5.41, 5.74) is 3.90. The Labute approximate surface area is 179 Å². The molecule has 3 aromatic rings. The molecule has 0 aliphatic carbocycles. The first-order chi connectivity index (χ1) is 15.0. The molecule has 7 nitrogen and oxygen atoms in total. The van der Waals surface area contributed by atoms with Gasteiger partial charge in [-0.2, -0.15) is 5.10 Å². The molecule has 0 bridgehead atoms. The van der Waals surface area contributed by atoms with E-state index in [1.165, 1.54) is 12.3 Å². The second kappa shape index (κ2) is 9.07. The molecule has 8 heteroatoms. The maximum absolute atomic E-state index is 13.9. The summed E-state index contributed by atoms with van der Waals surface area (Å²) in [4.78, 5) is 30.7. The van der Waals surface area contributed by atoms with E-state index in [0.29, 0.717) is 43.6 Å². The molecule has 0 fully saturated rings. The lowest BCUT2D eigenvalue weighted by Gasteiger charge is -2.28. The van der Waals surface area contributed by atoms with Crippen LogP contribution < -0.4 is 5.32 Å². The van der Waals surface area contributed by atoms with Crippen LogP contribution in [0.4, 0.5) is 4.39 Å². The smallest absolute Gasteiger partial charge is 0.252 e. The second-order valence-electron chi connectivity index (χ2n) is 7.58. The number of hydrogen-bond acceptors (Lipinski definition) is 4. The van der Waals surface area contributed by atoms with Crippen molar-refractivity contribution in [2.75, 3.05) is 13.1 Å². The maximum Gasteiger partial charge on any atom is 0.252 e. The molecule has 0 unspecified atom stereocenters. The lowest BCUT2D eigenvalue weighted by Crippen LogP contribution is -2.37. The molecule has 1 aromatic carbocycles. The normalized spacial score (nSPS) is 13.0. The highest BCUT2D eigenvalue weighted by Crippen LogP contribution is 2.23. The number of benzene rings is 1. The van der Waals surface area contributed by atoms with Gasteiger partial charge in [0.25, 0.3) is 5.91 Å². The number of aryl methyl sites for hydroxylation is 1. The molecular weight excluding hydrogens is 397 g/mol. The van der Waals surface area contributed by atoms with Crippen molar-refractivity contribution in [2.45, 2.75) is 25.8 Å². The lowest BCUT2D eigenvalue weighted by molar-refractivity contribution is -0.131. The summed E-state index contributed by atoms with van der Waals surface area (Å²) in [5, 5.41) is 7.49. The number of halogens is 1. The van der Waals surface area contributed by atoms with Crippen LogP contribution in [-0.4, -0.2) is 44.6 Å². The average Bonchev–Trinajstić information content (AvgIpc) is 3.10. The number of nitrogens with one attached hydrogen (secondary N) is 1. The SMILES string of the molecule is Cn1nc(CCNC(=O)c2cccnc2)c2c1CCN(C(=O)Cc1ccccc1F)C2. The van der Waals surface area contributed by atoms with Gasteiger partial charge in [0.15, 0.2) is 0 Å². The molecule has 0 radical (unpaired) electrons. The lowest BCUT2D eigenvalue weighted by atomic mass is 10.0. The molecule has 3 heterocycles. The fourth-order valence-corrected chi connectivity index (χ4v) is 3.89. The number of pyridine rings is 1. The van der Waals surface area contributed by atoms with Gasteiger partial charge in [-0.1, -0.05) is 18.2 Å². The number of aromatic nitrogens is 3. The van der Waals surface area contributed by atoms with Gasteiger partial charge in [-0.25, -0.2) is 4.39 Å². The molecule has 1 N–H and O–H groups in total. The largest absolute Gasteiger partial charge is 0.352 e. The standard InChI is InChI=1S/C23H24FN5O2/c1-28-21-9-12-29(22(30)13-16-5-2-3-7-19(16)24)15-18(21)20(27-28)8-11-26-23(31)17-6-4-10-25-14-17/h2-7,10,14H,8-9,11-13,15H2,1H3,(H,26,31). The van der Waals surface area contributed by atoms with Crippen molar-refractivity contribution < 1.29 is 14.0 Å². The van der Waals surface area contributed by atoms with Crippen molar-refractivity contribution in [2.24, 2.45) is 7.05 Å². The molecule has 0 atom stereocenters. The monoisotopic (exact) mass is 421 g/mol. The summed E-state index contributed by atoms with van der Waals surface area (Å²) >= 11 is 0. The van der Waals surface area contributed by atoms with E-state index in [-0.39, 0.29) is 24.1 Å². The van der Waals surface area contributed by atoms with Gasteiger partial charge in [0.05, 0.1) is 17.7 Å². The number of rotatable bonds is 6. The fraction of sp³-hybridized carbons (Fsp3) is 0.304. The third-order valence-electron chi connectivity index (χ3n) is 5.55. The number of fused-ring (bicyclic) bond motifs is 1. The summed E-state index contributed by atoms with van der Waals surface area (Å²) in [5.74, 6) is -0.644. The topological polar surface area (TPSA) is 80.1 Å². The molecule has 0 saturated carbocycles. The molecule has 2 aromatic heterocycles. The Morgan fingerprint density at radius 1 is 1.19 bits per heavy atom. The Bertz CT molecular complexity index is 1100. The van der Waals surface area contributed by atoms with E-state index in [1.54, 1.807) is 41.4 Å². The van der Waals surface area contributed by atoms with Crippen LogP contribution in [0.25, 0.3) is 0 Å². The zero-order valence-electron chi connectivity index (χ0n) is 17.3. The zero-order chi connectivity index (χ0) is 21.8. The van der Waals surface area contributed by atoms with Gasteiger partial charge in [-0.15, -0.1) is 0 Å². The van der Waals surface area contributed by atoms with Crippen LogP contribution in [0.3, 0.4) is 0 Å². The highest BCUT2D eigenvalue weighted by Gasteiger charge is 2.27. The Morgan fingerprint density at radius 3 is 2.81 bits per heavy atom. The summed E-state index contributed by atoms with van der Waals surface area (Å²) in [6.07, 6.45) is 4.44. The van der Waals surface area contributed by atoms with Crippen LogP contribution in [0.5, 0.6) is 0 Å². The molecule has 2 amide bonds. The molecule has 1 aliphatic rings. The summed E-state index contributed by atoms with van der Waals surface area (Å²) in [7, 11) is 1.90. The van der Waals surface area contributed by atoms with Gasteiger partial charge in [-0.05, 0) is 23.8 Å². The van der Waals surface area contributed by atoms with E-state index in [4.69, 9.17) is 0 Å². The third-order valence-corrected chi connectivity index (χ3v) is 5.55. The first kappa shape index (κ1) is 20.7. The Morgan fingerprint density at radius 2 is 2.03 bits per heavy atom. The van der Waals surface area contributed by atoms with Crippen LogP contribution >= 0.6 is 0 Å². The van der Waals surface area contributed by atoms with E-state index in [0.717, 1.165) is 17.0 Å². The quantitative estimate of drug-likeness (QED) is 0.661. The molecule has 160 valence electrons. The Kier molecular flexibility index (Phi) is 6.06. The predicted molar refractivity (Wildman–Crippen MR) is 113 cm³/mol. The molecule has 0 saturated heterocycles. The summed E-state index contributed by atoms with van der Waals surface area (Å²) in [6.45, 7) is 1.46. The highest BCUT2D eigenvalue weighted by molar-refractivity contribution is 5.93. The van der Waals surface area contributed by atoms with E-state index >= 15 is 0 Å². The minimum atomic E-state index is -0.361. The number of nitrogens with zero attached hydrogens (tertiary/aromatic N) is 4. The first-order valence-electron chi connectivity index (χ1n) is 10.3. The van der Waals surface area contributed by atoms with Crippen molar-refractivity contribution in [3.63, 3.8) is 0 Å². The molecule has 31 heavy (non-hydrogen) atoms. The first-order valence-corrected chi connectivity index (χ1v) is 10.3. The van der Waals surface area contributed by atoms with Crippen LogP contribution in [0.15, 0.2) is 48.8 Å². The van der Waals surface area contributed by atoms with Crippen molar-refractivity contribution in [3.05, 3.63) is 82.7 Å². The summed E-state index contributed by atoms with van der Waals surface area (Å²) in [6, 6.07) is 9.80. The second-order valence-corrected chi connectivity index (χ2v) is 7.58. The van der Waals surface area contributed by atoms with Crippen molar-refractivity contribution >= 4 is 11.8 Å². The van der Waals surface area contributed by atoms with E-state index in [9.17, 15) is 14.0 Å². The van der Waals surface area contributed by atoms with E-state index in [1.807, 2.05) is 11.7 Å². The van der Waals surface area contributed by atoms with Crippen molar-refractivity contribution in [3.8, 4) is 0 Å². The number of hydrogen-bond donors (Lipinski definition) is 1. The number of amides is 2. The molecule has 1 aliphatic heterocycles. The predicted octanol–water partition coefficient (Wildman–Crippen LogP) is 2.05. The van der Waals surface area contributed by atoms with Crippen LogP contribution in [0.1, 0.15) is 32.9 Å². The fourth-order valence-electron chi connectivity index (χ4n) is 3.89. The minimum Gasteiger partial charge on any atom is -0.352 e. The molecule has 0 spiro atoms. The maximum atomic E-state index is 13.9. The Hall–Kier alpha value is -3.55. The summed E-state index contributed by atoms with van der Waals surface area (Å²) < 4.78 is 15.8. The number of carbonyl (C=O) groups excluding carboxylic acids is 2. The van der Waals surface area contributed by atoms with E-state index < -0.39 is 0 Å². The van der Waals surface area contributed by atoms with Gasteiger partial charge in [0, 0.05) is 63.2 Å². The van der Waals surface area contributed by atoms with Crippen molar-refractivity contribution in [1.82, 2.24) is 25.0 Å². The van der Waals surface area contributed by atoms with Gasteiger partial charge in [0.2, 0.25) is 5.91 Å². The number of carbonyl (C=O) groups is 2. The van der Waals surface area contributed by atoms with Crippen LogP contribution in [0.2, 0.25) is 0 Å². The molecule has 4 rings (SSSR count). The molecular formula is C23H24FN5O2. The van der Waals surface area contributed by atoms with Crippen molar-refractivity contribution in [1.29, 1.82) is 0 Å².